The van der Waals surface area contributed by atoms with Crippen LogP contribution in [-0.2, 0) is 6.18 Å². The monoisotopic (exact) mass is 290 g/mol. The summed E-state index contributed by atoms with van der Waals surface area (Å²) in [6, 6.07) is 10.5. The Kier molecular flexibility index (Phi) is 3.90. The third-order valence-corrected chi connectivity index (χ3v) is 3.34. The first-order valence-corrected chi connectivity index (χ1v) is 6.27. The van der Waals surface area contributed by atoms with Gasteiger partial charge in [-0.05, 0) is 49.2 Å². The molecule has 0 unspecified atom stereocenters. The van der Waals surface area contributed by atoms with Crippen molar-refractivity contribution in [2.24, 2.45) is 0 Å². The first kappa shape index (κ1) is 14.9. The highest BCUT2D eigenvalue weighted by molar-refractivity contribution is 5.69. The van der Waals surface area contributed by atoms with Crippen molar-refractivity contribution in [3.8, 4) is 6.07 Å². The number of alkyl halides is 3. The standard InChI is InChI=1S/C16H13F3N2/c1-10-4-3-5-14(11(10)2)21-15-7-6-13(16(17,18)19)8-12(15)9-20/h3-8,21H,1-2H3. The van der Waals surface area contributed by atoms with Crippen molar-refractivity contribution in [3.63, 3.8) is 0 Å². The first-order valence-electron chi connectivity index (χ1n) is 6.27. The van der Waals surface area contributed by atoms with Crippen LogP contribution in [0.25, 0.3) is 0 Å². The second-order valence-corrected chi connectivity index (χ2v) is 4.74. The molecule has 0 heterocycles. The maximum Gasteiger partial charge on any atom is 0.416 e. The fourth-order valence-electron chi connectivity index (χ4n) is 1.95. The Morgan fingerprint density at radius 1 is 1.05 bits per heavy atom. The predicted molar refractivity (Wildman–Crippen MR) is 75.4 cm³/mol. The highest BCUT2D eigenvalue weighted by atomic mass is 19.4. The summed E-state index contributed by atoms with van der Waals surface area (Å²) in [5.74, 6) is 0. The number of nitrogens with one attached hydrogen (secondary N) is 1. The van der Waals surface area contributed by atoms with Gasteiger partial charge in [-0.15, -0.1) is 0 Å². The molecule has 0 spiro atoms. The molecule has 0 saturated heterocycles. The number of nitrogens with zero attached hydrogens (tertiary/aromatic N) is 1. The molecule has 2 nitrogen and oxygen atoms in total. The van der Waals surface area contributed by atoms with Crippen LogP contribution in [0, 0.1) is 25.2 Å². The number of nitriles is 1. The number of aryl methyl sites for hydroxylation is 1. The van der Waals surface area contributed by atoms with Gasteiger partial charge in [0.2, 0.25) is 0 Å². The highest BCUT2D eigenvalue weighted by Crippen LogP contribution is 2.33. The van der Waals surface area contributed by atoms with Crippen molar-refractivity contribution >= 4 is 11.4 Å². The summed E-state index contributed by atoms with van der Waals surface area (Å²) in [7, 11) is 0. The van der Waals surface area contributed by atoms with Crippen molar-refractivity contribution in [1.82, 2.24) is 0 Å². The predicted octanol–water partition coefficient (Wildman–Crippen LogP) is 4.94. The van der Waals surface area contributed by atoms with Gasteiger partial charge in [0.25, 0.3) is 0 Å². The first-order chi connectivity index (χ1) is 9.82. The average molecular weight is 290 g/mol. The minimum absolute atomic E-state index is 0.0364. The Hall–Kier alpha value is -2.48. The second kappa shape index (κ2) is 5.49. The number of halogens is 3. The summed E-state index contributed by atoms with van der Waals surface area (Å²) in [5.41, 5.74) is 2.31. The van der Waals surface area contributed by atoms with Crippen LogP contribution in [0.2, 0.25) is 0 Å². The smallest absolute Gasteiger partial charge is 0.354 e. The topological polar surface area (TPSA) is 35.8 Å². The Labute approximate surface area is 120 Å². The minimum Gasteiger partial charge on any atom is -0.354 e. The van der Waals surface area contributed by atoms with Crippen molar-refractivity contribution in [3.05, 3.63) is 58.7 Å². The van der Waals surface area contributed by atoms with Crippen molar-refractivity contribution in [1.29, 1.82) is 5.26 Å². The Morgan fingerprint density at radius 3 is 2.38 bits per heavy atom. The maximum atomic E-state index is 12.7. The molecule has 0 saturated carbocycles. The van der Waals surface area contributed by atoms with Crippen molar-refractivity contribution in [2.45, 2.75) is 20.0 Å². The van der Waals surface area contributed by atoms with Gasteiger partial charge in [-0.3, -0.25) is 0 Å². The van der Waals surface area contributed by atoms with E-state index in [9.17, 15) is 13.2 Å². The lowest BCUT2D eigenvalue weighted by Crippen LogP contribution is -2.06. The summed E-state index contributed by atoms with van der Waals surface area (Å²) in [5, 5.41) is 12.1. The van der Waals surface area contributed by atoms with E-state index in [-0.39, 0.29) is 5.56 Å². The van der Waals surface area contributed by atoms with Crippen LogP contribution < -0.4 is 5.32 Å². The molecular formula is C16H13F3N2. The van der Waals surface area contributed by atoms with E-state index >= 15 is 0 Å². The second-order valence-electron chi connectivity index (χ2n) is 4.74. The lowest BCUT2D eigenvalue weighted by Gasteiger charge is -2.14. The fourth-order valence-corrected chi connectivity index (χ4v) is 1.95. The van der Waals surface area contributed by atoms with Crippen molar-refractivity contribution in [2.75, 3.05) is 5.32 Å². The molecule has 108 valence electrons. The molecule has 0 amide bonds. The number of benzene rings is 2. The van der Waals surface area contributed by atoms with Gasteiger partial charge in [-0.25, -0.2) is 0 Å². The van der Waals surface area contributed by atoms with Crippen LogP contribution in [0.1, 0.15) is 22.3 Å². The Morgan fingerprint density at radius 2 is 1.76 bits per heavy atom. The van der Waals surface area contributed by atoms with Gasteiger partial charge in [-0.2, -0.15) is 18.4 Å². The third-order valence-electron chi connectivity index (χ3n) is 3.34. The lowest BCUT2D eigenvalue weighted by atomic mass is 10.1. The number of anilines is 2. The molecule has 0 aliphatic heterocycles. The van der Waals surface area contributed by atoms with Gasteiger partial charge in [0, 0.05) is 5.69 Å². The molecule has 2 aromatic rings. The molecule has 0 fully saturated rings. The zero-order chi connectivity index (χ0) is 15.6. The minimum atomic E-state index is -4.45. The summed E-state index contributed by atoms with van der Waals surface area (Å²) in [6.07, 6.45) is -4.45. The van der Waals surface area contributed by atoms with E-state index < -0.39 is 11.7 Å². The Balaban J connectivity index is 2.42. The van der Waals surface area contributed by atoms with E-state index in [1.165, 1.54) is 6.07 Å². The van der Waals surface area contributed by atoms with Gasteiger partial charge in [0.1, 0.15) is 6.07 Å². The van der Waals surface area contributed by atoms with Crippen molar-refractivity contribution < 1.29 is 13.2 Å². The molecule has 0 aliphatic carbocycles. The quantitative estimate of drug-likeness (QED) is 0.850. The molecule has 1 N–H and O–H groups in total. The fraction of sp³-hybridized carbons (Fsp3) is 0.188. The molecule has 0 atom stereocenters. The van der Waals surface area contributed by atoms with Gasteiger partial charge in [0.05, 0.1) is 16.8 Å². The summed E-state index contributed by atoms with van der Waals surface area (Å²) >= 11 is 0. The SMILES string of the molecule is Cc1cccc(Nc2ccc(C(F)(F)F)cc2C#N)c1C. The lowest BCUT2D eigenvalue weighted by molar-refractivity contribution is -0.137. The third kappa shape index (κ3) is 3.16. The van der Waals surface area contributed by atoms with Crippen LogP contribution in [0.3, 0.4) is 0 Å². The molecule has 0 aliphatic rings. The highest BCUT2D eigenvalue weighted by Gasteiger charge is 2.31. The molecule has 5 heteroatoms. The number of hydrogen-bond acceptors (Lipinski definition) is 2. The molecule has 0 bridgehead atoms. The molecular weight excluding hydrogens is 277 g/mol. The zero-order valence-corrected chi connectivity index (χ0v) is 11.5. The molecule has 2 rings (SSSR count). The summed E-state index contributed by atoms with van der Waals surface area (Å²) < 4.78 is 38.0. The van der Waals surface area contributed by atoms with E-state index in [0.29, 0.717) is 5.69 Å². The van der Waals surface area contributed by atoms with Gasteiger partial charge in [0.15, 0.2) is 0 Å². The number of rotatable bonds is 2. The largest absolute Gasteiger partial charge is 0.416 e. The normalized spacial score (nSPS) is 11.0. The van der Waals surface area contributed by atoms with Gasteiger partial charge < -0.3 is 5.32 Å². The Bertz CT molecular complexity index is 712. The van der Waals surface area contributed by atoms with E-state index in [1.54, 1.807) is 6.07 Å². The molecule has 0 radical (unpaired) electrons. The van der Waals surface area contributed by atoms with E-state index in [2.05, 4.69) is 5.32 Å². The van der Waals surface area contributed by atoms with Crippen LogP contribution in [-0.4, -0.2) is 0 Å². The summed E-state index contributed by atoms with van der Waals surface area (Å²) in [4.78, 5) is 0. The van der Waals surface area contributed by atoms with Gasteiger partial charge in [-0.1, -0.05) is 12.1 Å². The molecule has 2 aromatic carbocycles. The van der Waals surface area contributed by atoms with E-state index in [1.807, 2.05) is 32.0 Å². The van der Waals surface area contributed by atoms with Crippen LogP contribution >= 0.6 is 0 Å². The van der Waals surface area contributed by atoms with E-state index in [0.717, 1.165) is 28.9 Å². The maximum absolute atomic E-state index is 12.7. The zero-order valence-electron chi connectivity index (χ0n) is 11.5. The van der Waals surface area contributed by atoms with Gasteiger partial charge >= 0.3 is 6.18 Å². The molecule has 0 aromatic heterocycles. The van der Waals surface area contributed by atoms with Crippen LogP contribution in [0.15, 0.2) is 36.4 Å². The molecule has 21 heavy (non-hydrogen) atoms. The van der Waals surface area contributed by atoms with Crippen LogP contribution in [0.4, 0.5) is 24.5 Å². The average Bonchev–Trinajstić information content (AvgIpc) is 2.43. The van der Waals surface area contributed by atoms with E-state index in [4.69, 9.17) is 5.26 Å². The summed E-state index contributed by atoms with van der Waals surface area (Å²) in [6.45, 7) is 3.85. The van der Waals surface area contributed by atoms with Crippen LogP contribution in [0.5, 0.6) is 0 Å². The number of hydrogen-bond donors (Lipinski definition) is 1.